The van der Waals surface area contributed by atoms with Crippen LogP contribution in [0.15, 0.2) is 41.5 Å². The third-order valence-corrected chi connectivity index (χ3v) is 5.17. The second kappa shape index (κ2) is 6.18. The zero-order valence-corrected chi connectivity index (χ0v) is 15.1. The molecule has 25 heavy (non-hydrogen) atoms. The van der Waals surface area contributed by atoms with E-state index >= 15 is 0 Å². The van der Waals surface area contributed by atoms with Crippen LogP contribution in [-0.4, -0.2) is 29.2 Å². The van der Waals surface area contributed by atoms with E-state index in [0.717, 1.165) is 4.88 Å². The van der Waals surface area contributed by atoms with E-state index in [1.165, 1.54) is 7.11 Å². The minimum atomic E-state index is -0.442. The Morgan fingerprint density at radius 2 is 2.12 bits per heavy atom. The van der Waals surface area contributed by atoms with Gasteiger partial charge in [0.1, 0.15) is 6.04 Å². The number of nitrogens with one attached hydrogen (secondary N) is 1. The number of anilines is 1. The van der Waals surface area contributed by atoms with Gasteiger partial charge in [-0.1, -0.05) is 17.7 Å². The lowest BCUT2D eigenvalue weighted by Gasteiger charge is -2.23. The monoisotopic (exact) mass is 374 g/mol. The summed E-state index contributed by atoms with van der Waals surface area (Å²) in [7, 11) is 3.34. The first-order valence-electron chi connectivity index (χ1n) is 7.56. The number of methoxy groups -OCH3 is 1. The summed E-state index contributed by atoms with van der Waals surface area (Å²) in [5.41, 5.74) is 5.06. The smallest absolute Gasteiger partial charge is 0.188 e. The molecule has 1 unspecified atom stereocenters. The van der Waals surface area contributed by atoms with Crippen LogP contribution in [0, 0.1) is 0 Å². The maximum absolute atomic E-state index is 10.9. The molecule has 0 amide bonds. The minimum absolute atomic E-state index is 0.0613. The van der Waals surface area contributed by atoms with Gasteiger partial charge in [0.2, 0.25) is 0 Å². The van der Waals surface area contributed by atoms with E-state index < -0.39 is 6.04 Å². The molecule has 1 aliphatic heterocycles. The van der Waals surface area contributed by atoms with Crippen LogP contribution >= 0.6 is 22.9 Å². The van der Waals surface area contributed by atoms with Gasteiger partial charge < -0.3 is 9.84 Å². The number of halogens is 1. The Morgan fingerprint density at radius 3 is 2.84 bits per heavy atom. The fourth-order valence-corrected chi connectivity index (χ4v) is 3.77. The van der Waals surface area contributed by atoms with Crippen molar-refractivity contribution < 1.29 is 9.84 Å². The summed E-state index contributed by atoms with van der Waals surface area (Å²) in [6, 6.07) is 8.77. The van der Waals surface area contributed by atoms with Gasteiger partial charge in [0.05, 0.1) is 18.1 Å². The SMILES string of the molecule is COC1=C(O)C(c2cccs2)NN(C)c2nc3ccc(Cl)cc3nc21. The average Bonchev–Trinajstić information content (AvgIpc) is 3.10. The lowest BCUT2D eigenvalue weighted by atomic mass is 10.1. The van der Waals surface area contributed by atoms with E-state index in [1.54, 1.807) is 28.5 Å². The molecule has 0 radical (unpaired) electrons. The van der Waals surface area contributed by atoms with Gasteiger partial charge in [0.15, 0.2) is 23.0 Å². The number of hydrazine groups is 1. The molecule has 2 N–H and O–H groups in total. The van der Waals surface area contributed by atoms with Crippen molar-refractivity contribution in [1.29, 1.82) is 0 Å². The van der Waals surface area contributed by atoms with Crippen molar-refractivity contribution in [2.75, 3.05) is 19.2 Å². The van der Waals surface area contributed by atoms with E-state index in [4.69, 9.17) is 16.3 Å². The first-order valence-corrected chi connectivity index (χ1v) is 8.82. The van der Waals surface area contributed by atoms with Crippen molar-refractivity contribution in [3.05, 3.63) is 57.1 Å². The second-order valence-electron chi connectivity index (χ2n) is 5.58. The predicted molar refractivity (Wildman–Crippen MR) is 99.7 cm³/mol. The van der Waals surface area contributed by atoms with Gasteiger partial charge in [-0.2, -0.15) is 0 Å². The van der Waals surface area contributed by atoms with Gasteiger partial charge in [0.25, 0.3) is 0 Å². The molecule has 4 rings (SSSR count). The average molecular weight is 375 g/mol. The molecule has 8 heteroatoms. The molecule has 2 aromatic heterocycles. The van der Waals surface area contributed by atoms with Crippen LogP contribution in [-0.2, 0) is 4.74 Å². The number of hydrogen-bond donors (Lipinski definition) is 2. The Kier molecular flexibility index (Phi) is 3.99. The fourth-order valence-electron chi connectivity index (χ4n) is 2.83. The molecule has 0 aliphatic carbocycles. The quantitative estimate of drug-likeness (QED) is 0.708. The Balaban J connectivity index is 1.96. The third kappa shape index (κ3) is 2.70. The normalized spacial score (nSPS) is 17.6. The molecule has 3 heterocycles. The number of rotatable bonds is 2. The number of aromatic nitrogens is 2. The molecule has 1 aromatic carbocycles. The third-order valence-electron chi connectivity index (χ3n) is 4.00. The highest BCUT2D eigenvalue weighted by Gasteiger charge is 2.32. The van der Waals surface area contributed by atoms with E-state index in [1.807, 2.05) is 30.6 Å². The molecule has 0 fully saturated rings. The Hall–Kier alpha value is -2.35. The van der Waals surface area contributed by atoms with Crippen molar-refractivity contribution in [3.8, 4) is 0 Å². The van der Waals surface area contributed by atoms with Crippen LogP contribution in [0.3, 0.4) is 0 Å². The van der Waals surface area contributed by atoms with Gasteiger partial charge in [0, 0.05) is 16.9 Å². The van der Waals surface area contributed by atoms with Gasteiger partial charge in [-0.25, -0.2) is 15.4 Å². The van der Waals surface area contributed by atoms with Gasteiger partial charge >= 0.3 is 0 Å². The van der Waals surface area contributed by atoms with Gasteiger partial charge in [-0.05, 0) is 29.6 Å². The first-order chi connectivity index (χ1) is 12.1. The Morgan fingerprint density at radius 1 is 1.28 bits per heavy atom. The number of thiophene rings is 1. The van der Waals surface area contributed by atoms with Crippen molar-refractivity contribution in [2.24, 2.45) is 0 Å². The summed E-state index contributed by atoms with van der Waals surface area (Å²) in [6.07, 6.45) is 0. The zero-order valence-electron chi connectivity index (χ0n) is 13.5. The van der Waals surface area contributed by atoms with Crippen molar-refractivity contribution in [2.45, 2.75) is 6.04 Å². The van der Waals surface area contributed by atoms with E-state index in [2.05, 4.69) is 15.4 Å². The lowest BCUT2D eigenvalue weighted by molar-refractivity contribution is 0.299. The molecular weight excluding hydrogens is 360 g/mol. The van der Waals surface area contributed by atoms with Crippen molar-refractivity contribution >= 4 is 45.5 Å². The zero-order chi connectivity index (χ0) is 17.6. The van der Waals surface area contributed by atoms with Crippen LogP contribution in [0.4, 0.5) is 5.82 Å². The summed E-state index contributed by atoms with van der Waals surface area (Å²) in [5.74, 6) is 0.920. The Bertz CT molecular complexity index is 974. The highest BCUT2D eigenvalue weighted by Crippen LogP contribution is 2.37. The van der Waals surface area contributed by atoms with Crippen LogP contribution in [0.5, 0.6) is 0 Å². The van der Waals surface area contributed by atoms with Gasteiger partial charge in [-0.15, -0.1) is 11.3 Å². The molecule has 0 saturated carbocycles. The van der Waals surface area contributed by atoms with Gasteiger partial charge in [-0.3, -0.25) is 5.01 Å². The summed E-state index contributed by atoms with van der Waals surface area (Å²) in [6.45, 7) is 0. The van der Waals surface area contributed by atoms with Crippen LogP contribution in [0.2, 0.25) is 5.02 Å². The molecular formula is C17H15ClN4O2S. The maximum atomic E-state index is 10.9. The lowest BCUT2D eigenvalue weighted by Crippen LogP contribution is -2.38. The number of ether oxygens (including phenoxy) is 1. The maximum Gasteiger partial charge on any atom is 0.188 e. The molecule has 6 nitrogen and oxygen atoms in total. The summed E-state index contributed by atoms with van der Waals surface area (Å²) in [5, 5.41) is 15.1. The number of aliphatic hydroxyl groups excluding tert-OH is 1. The van der Waals surface area contributed by atoms with Crippen LogP contribution in [0.25, 0.3) is 16.8 Å². The molecule has 3 aromatic rings. The number of hydrogen-bond acceptors (Lipinski definition) is 7. The topological polar surface area (TPSA) is 70.5 Å². The van der Waals surface area contributed by atoms with E-state index in [9.17, 15) is 5.11 Å². The van der Waals surface area contributed by atoms with Crippen molar-refractivity contribution in [3.63, 3.8) is 0 Å². The number of benzene rings is 1. The van der Waals surface area contributed by atoms with Crippen LogP contribution in [0.1, 0.15) is 16.6 Å². The standard InChI is InChI=1S/C17H15ClN4O2S/c1-22-17-14(19-11-8-9(18)5-6-10(11)20-17)16(24-2)15(23)13(21-22)12-4-3-7-25-12/h3-8,13,21,23H,1-2H3. The summed E-state index contributed by atoms with van der Waals surface area (Å²) in [4.78, 5) is 10.3. The fraction of sp³-hybridized carbons (Fsp3) is 0.176. The Labute approximate surface area is 153 Å². The van der Waals surface area contributed by atoms with E-state index in [0.29, 0.717) is 33.3 Å². The molecule has 0 bridgehead atoms. The van der Waals surface area contributed by atoms with Crippen LogP contribution < -0.4 is 10.4 Å². The molecule has 0 saturated heterocycles. The summed E-state index contributed by atoms with van der Waals surface area (Å²) >= 11 is 7.61. The minimum Gasteiger partial charge on any atom is -0.506 e. The predicted octanol–water partition coefficient (Wildman–Crippen LogP) is 3.91. The number of aliphatic hydroxyl groups is 1. The molecule has 0 spiro atoms. The molecule has 1 atom stereocenters. The van der Waals surface area contributed by atoms with Crippen molar-refractivity contribution in [1.82, 2.24) is 15.4 Å². The summed E-state index contributed by atoms with van der Waals surface area (Å²) < 4.78 is 5.50. The largest absolute Gasteiger partial charge is 0.506 e. The molecule has 1 aliphatic rings. The number of nitrogens with zero attached hydrogens (tertiary/aromatic N) is 3. The highest BCUT2D eigenvalue weighted by molar-refractivity contribution is 7.10. The molecule has 128 valence electrons. The number of fused-ring (bicyclic) bond motifs is 2. The van der Waals surface area contributed by atoms with E-state index in [-0.39, 0.29) is 5.76 Å². The first kappa shape index (κ1) is 16.1. The highest BCUT2D eigenvalue weighted by atomic mass is 35.5. The second-order valence-corrected chi connectivity index (χ2v) is 7.00.